The second kappa shape index (κ2) is 15.7. The van der Waals surface area contributed by atoms with Crippen LogP contribution in [-0.4, -0.2) is 9.55 Å². The number of benzene rings is 7. The van der Waals surface area contributed by atoms with Crippen LogP contribution in [0.2, 0.25) is 0 Å². The Morgan fingerprint density at radius 1 is 0.617 bits per heavy atom. The van der Waals surface area contributed by atoms with Gasteiger partial charge in [-0.05, 0) is 99.3 Å². The molecule has 0 N–H and O–H groups in total. The van der Waals surface area contributed by atoms with E-state index >= 15 is 0 Å². The second-order valence-corrected chi connectivity index (χ2v) is 15.8. The quantitative estimate of drug-likeness (QED) is 0.149. The van der Waals surface area contributed by atoms with Crippen molar-refractivity contribution in [2.24, 2.45) is 0 Å². The van der Waals surface area contributed by atoms with Gasteiger partial charge in [0, 0.05) is 61.3 Å². The fraction of sp³-hybridized carbons (Fsp3) is 0.0755. The van der Waals surface area contributed by atoms with E-state index in [1.807, 2.05) is 54.7 Å². The standard InChI is InChI=1S/C53H38N5O.Pt/c1-53(2,3)41-25-26-55-52(31-41)58-48-24-21-36(34-54)27-47(48)46-23-22-45(33-51(46)58)59-44-18-12-17-42(32-44)56-35-57(50-20-11-10-19-49(50)56)43-29-39(37-13-6-4-7-14-37)28-40(30-43)38-15-8-5-9-16-38;/h4-31,35H,1-3H3;/q-3;. The van der Waals surface area contributed by atoms with Gasteiger partial charge in [0.1, 0.15) is 5.82 Å². The third-order valence-corrected chi connectivity index (χ3v) is 10.9. The summed E-state index contributed by atoms with van der Waals surface area (Å²) in [6.07, 6.45) is 1.86. The molecule has 0 fully saturated rings. The minimum absolute atomic E-state index is 0. The van der Waals surface area contributed by atoms with Gasteiger partial charge in [0.25, 0.3) is 0 Å². The second-order valence-electron chi connectivity index (χ2n) is 15.8. The Balaban J connectivity index is 0.00000462. The fourth-order valence-corrected chi connectivity index (χ4v) is 7.91. The van der Waals surface area contributed by atoms with Crippen LogP contribution in [0.1, 0.15) is 31.9 Å². The van der Waals surface area contributed by atoms with E-state index in [1.165, 1.54) is 5.56 Å². The van der Waals surface area contributed by atoms with Crippen LogP contribution in [0.25, 0.3) is 49.9 Å². The Morgan fingerprint density at radius 2 is 1.28 bits per heavy atom. The van der Waals surface area contributed by atoms with Crippen LogP contribution in [0.3, 0.4) is 0 Å². The van der Waals surface area contributed by atoms with Crippen molar-refractivity contribution in [3.05, 3.63) is 200 Å². The Bertz CT molecular complexity index is 3010. The maximum absolute atomic E-state index is 9.75. The van der Waals surface area contributed by atoms with Gasteiger partial charge in [0.05, 0.1) is 11.6 Å². The van der Waals surface area contributed by atoms with Gasteiger partial charge in [0.15, 0.2) is 0 Å². The monoisotopic (exact) mass is 955 g/mol. The minimum atomic E-state index is -0.0646. The van der Waals surface area contributed by atoms with Crippen molar-refractivity contribution < 1.29 is 25.8 Å². The normalized spacial score (nSPS) is 12.3. The van der Waals surface area contributed by atoms with Crippen LogP contribution in [-0.2, 0) is 26.5 Å². The maximum atomic E-state index is 9.75. The largest absolute Gasteiger partial charge is 0.509 e. The molecule has 3 heterocycles. The molecular formula is C53H38N5OPt-3. The average Bonchev–Trinajstić information content (AvgIpc) is 3.82. The summed E-state index contributed by atoms with van der Waals surface area (Å²) < 4.78 is 8.68. The number of para-hydroxylation sites is 2. The summed E-state index contributed by atoms with van der Waals surface area (Å²) >= 11 is 0. The number of hydrogen-bond donors (Lipinski definition) is 0. The van der Waals surface area contributed by atoms with Gasteiger partial charge in [0.2, 0.25) is 0 Å². The molecule has 60 heavy (non-hydrogen) atoms. The number of nitrogens with zero attached hydrogens (tertiary/aromatic N) is 5. The van der Waals surface area contributed by atoms with E-state index < -0.39 is 0 Å². The fourth-order valence-electron chi connectivity index (χ4n) is 7.91. The molecule has 0 amide bonds. The van der Waals surface area contributed by atoms with Gasteiger partial charge in [-0.15, -0.1) is 48.1 Å². The molecule has 0 saturated carbocycles. The molecule has 6 nitrogen and oxygen atoms in total. The van der Waals surface area contributed by atoms with Gasteiger partial charge in [-0.1, -0.05) is 99.1 Å². The molecule has 7 aromatic carbocycles. The first-order valence-electron chi connectivity index (χ1n) is 19.7. The predicted molar refractivity (Wildman–Crippen MR) is 239 cm³/mol. The number of aromatic nitrogens is 2. The van der Waals surface area contributed by atoms with Gasteiger partial charge < -0.3 is 19.1 Å². The first-order valence-corrected chi connectivity index (χ1v) is 19.7. The molecule has 0 saturated heterocycles. The molecule has 10 rings (SSSR count). The van der Waals surface area contributed by atoms with Crippen LogP contribution in [0.4, 0.5) is 22.7 Å². The zero-order chi connectivity index (χ0) is 40.1. The third-order valence-electron chi connectivity index (χ3n) is 10.9. The molecule has 1 aliphatic rings. The van der Waals surface area contributed by atoms with Gasteiger partial charge in [-0.2, -0.15) is 17.4 Å². The Hall–Kier alpha value is -6.93. The van der Waals surface area contributed by atoms with Crippen molar-refractivity contribution in [1.82, 2.24) is 9.55 Å². The summed E-state index contributed by atoms with van der Waals surface area (Å²) in [5.74, 6) is 1.88. The van der Waals surface area contributed by atoms with Crippen molar-refractivity contribution >= 4 is 44.6 Å². The molecule has 0 aliphatic carbocycles. The number of ether oxygens (including phenoxy) is 1. The van der Waals surface area contributed by atoms with E-state index in [0.717, 1.165) is 72.6 Å². The molecule has 7 heteroatoms. The number of anilines is 4. The summed E-state index contributed by atoms with van der Waals surface area (Å²) in [6, 6.07) is 65.5. The van der Waals surface area contributed by atoms with E-state index in [1.54, 1.807) is 0 Å². The number of fused-ring (bicyclic) bond motifs is 4. The predicted octanol–water partition coefficient (Wildman–Crippen LogP) is 13.5. The van der Waals surface area contributed by atoms with Crippen molar-refractivity contribution in [2.75, 3.05) is 9.80 Å². The number of hydrogen-bond acceptors (Lipinski definition) is 5. The number of nitriles is 1. The zero-order valence-electron chi connectivity index (χ0n) is 33.2. The third kappa shape index (κ3) is 7.12. The van der Waals surface area contributed by atoms with Gasteiger partial charge in [-0.25, -0.2) is 4.98 Å². The van der Waals surface area contributed by atoms with Crippen molar-refractivity contribution in [3.8, 4) is 45.6 Å². The molecule has 1 aliphatic heterocycles. The molecule has 0 spiro atoms. The van der Waals surface area contributed by atoms with Crippen molar-refractivity contribution in [1.29, 1.82) is 5.26 Å². The topological polar surface area (TPSA) is 57.3 Å². The molecule has 0 unspecified atom stereocenters. The summed E-state index contributed by atoms with van der Waals surface area (Å²) in [5.41, 5.74) is 12.0. The zero-order valence-corrected chi connectivity index (χ0v) is 35.5. The molecule has 0 bridgehead atoms. The first kappa shape index (κ1) is 38.6. The van der Waals surface area contributed by atoms with Crippen LogP contribution in [0, 0.1) is 30.1 Å². The Labute approximate surface area is 364 Å². The molecule has 0 atom stereocenters. The Morgan fingerprint density at radius 3 is 1.97 bits per heavy atom. The average molecular weight is 956 g/mol. The van der Waals surface area contributed by atoms with Crippen LogP contribution < -0.4 is 14.5 Å². The summed E-state index contributed by atoms with van der Waals surface area (Å²) in [7, 11) is 0. The summed E-state index contributed by atoms with van der Waals surface area (Å²) in [5, 5.41) is 11.7. The Kier molecular flexibility index (Phi) is 10.1. The molecule has 2 aromatic heterocycles. The van der Waals surface area contributed by atoms with E-state index in [2.05, 4.69) is 175 Å². The van der Waals surface area contributed by atoms with Crippen molar-refractivity contribution in [3.63, 3.8) is 0 Å². The number of pyridine rings is 1. The van der Waals surface area contributed by atoms with E-state index in [4.69, 9.17) is 9.72 Å². The molecule has 9 aromatic rings. The minimum Gasteiger partial charge on any atom is -0.509 e. The van der Waals surface area contributed by atoms with Crippen LogP contribution in [0.15, 0.2) is 170 Å². The first-order chi connectivity index (χ1) is 28.8. The molecular weight excluding hydrogens is 918 g/mol. The summed E-state index contributed by atoms with van der Waals surface area (Å²) in [4.78, 5) is 9.22. The SMILES string of the molecule is CC(C)(C)c1ccnc(-n2c3[c-]c(Oc4[c-]c(N5[CH-]N(c6cc(-c7ccccc7)cc(-c7ccccc7)c6)c6ccccc65)ccc4)ccc3c3cc(C#N)ccc32)c1.[Pt]. The maximum Gasteiger partial charge on any atom is 0.135 e. The summed E-state index contributed by atoms with van der Waals surface area (Å²) in [6.45, 7) is 8.72. The van der Waals surface area contributed by atoms with Crippen molar-refractivity contribution in [2.45, 2.75) is 26.2 Å². The molecule has 0 radical (unpaired) electrons. The van der Waals surface area contributed by atoms with E-state index in [9.17, 15) is 5.26 Å². The van der Waals surface area contributed by atoms with Gasteiger partial charge >= 0.3 is 0 Å². The molecule has 294 valence electrons. The smallest absolute Gasteiger partial charge is 0.135 e. The van der Waals surface area contributed by atoms with Crippen LogP contribution >= 0.6 is 0 Å². The van der Waals surface area contributed by atoms with Gasteiger partial charge in [-0.3, -0.25) is 0 Å². The van der Waals surface area contributed by atoms with Crippen LogP contribution in [0.5, 0.6) is 11.5 Å². The van der Waals surface area contributed by atoms with E-state index in [-0.39, 0.29) is 26.5 Å². The number of rotatable bonds is 7. The van der Waals surface area contributed by atoms with E-state index in [0.29, 0.717) is 17.1 Å².